The predicted molar refractivity (Wildman–Crippen MR) is 126 cm³/mol. The minimum absolute atomic E-state index is 0.0391. The lowest BCUT2D eigenvalue weighted by atomic mass is 9.99. The molecule has 2 aliphatic rings. The number of aromatic nitrogens is 2. The van der Waals surface area contributed by atoms with E-state index in [2.05, 4.69) is 44.0 Å². The standard InChI is InChI=1S/C24H28N8O/c1-14-7-18(23(25)26)8-15(2)20(14)9-27-24(33)21-13-32(30-29-21)12-19-11-31-10-17(16-3-4-16)5-6-22(31)28-19/h5-8,10-11,13,16,29-30H,3-4,9,12H2,1-2H3,(H3,25,26)(H,27,33). The first-order chi connectivity index (χ1) is 15.9. The van der Waals surface area contributed by atoms with Crippen LogP contribution in [0.5, 0.6) is 0 Å². The third-order valence-electron chi connectivity index (χ3n) is 6.20. The Morgan fingerprint density at radius 1 is 1.24 bits per heavy atom. The van der Waals surface area contributed by atoms with Crippen LogP contribution in [0.4, 0.5) is 0 Å². The molecule has 0 atom stereocenters. The highest BCUT2D eigenvalue weighted by Gasteiger charge is 2.24. The summed E-state index contributed by atoms with van der Waals surface area (Å²) in [6.45, 7) is 4.83. The lowest BCUT2D eigenvalue weighted by Gasteiger charge is -2.13. The average molecular weight is 445 g/mol. The zero-order valence-corrected chi connectivity index (χ0v) is 18.8. The van der Waals surface area contributed by atoms with Crippen LogP contribution in [0.1, 0.15) is 52.3 Å². The van der Waals surface area contributed by atoms with E-state index in [1.807, 2.05) is 32.2 Å². The molecule has 1 amide bonds. The van der Waals surface area contributed by atoms with Gasteiger partial charge in [-0.2, -0.15) is 0 Å². The van der Waals surface area contributed by atoms with E-state index >= 15 is 0 Å². The van der Waals surface area contributed by atoms with Crippen molar-refractivity contribution in [1.82, 2.24) is 30.7 Å². The SMILES string of the molecule is Cc1cc(C(=N)N)cc(C)c1CNC(=O)C1=CN(Cc2cn3cc(C4CC4)ccc3n2)NN1. The number of hydrogen-bond acceptors (Lipinski definition) is 6. The van der Waals surface area contributed by atoms with E-state index < -0.39 is 0 Å². The summed E-state index contributed by atoms with van der Waals surface area (Å²) in [5.41, 5.74) is 18.9. The minimum Gasteiger partial charge on any atom is -0.384 e. The molecule has 2 aromatic heterocycles. The Hall–Kier alpha value is -3.85. The molecule has 1 aromatic carbocycles. The van der Waals surface area contributed by atoms with Gasteiger partial charge in [-0.3, -0.25) is 20.6 Å². The molecule has 0 spiro atoms. The normalized spacial score (nSPS) is 15.5. The maximum absolute atomic E-state index is 12.7. The number of carbonyl (C=O) groups is 1. The van der Waals surface area contributed by atoms with Crippen molar-refractivity contribution in [2.24, 2.45) is 5.73 Å². The van der Waals surface area contributed by atoms with Gasteiger partial charge in [0.25, 0.3) is 5.91 Å². The number of nitrogens with zero attached hydrogens (tertiary/aromatic N) is 3. The first kappa shape index (κ1) is 21.0. The second-order valence-electron chi connectivity index (χ2n) is 8.83. The van der Waals surface area contributed by atoms with Gasteiger partial charge in [-0.15, -0.1) is 5.53 Å². The number of nitrogen functional groups attached to an aromatic ring is 1. The number of nitrogens with two attached hydrogens (primary N) is 1. The molecule has 0 radical (unpaired) electrons. The monoisotopic (exact) mass is 444 g/mol. The molecule has 0 saturated heterocycles. The van der Waals surface area contributed by atoms with Gasteiger partial charge in [-0.1, -0.05) is 6.07 Å². The molecule has 0 bridgehead atoms. The van der Waals surface area contributed by atoms with E-state index in [1.54, 1.807) is 11.2 Å². The van der Waals surface area contributed by atoms with Crippen LogP contribution in [0.2, 0.25) is 0 Å². The number of aryl methyl sites for hydroxylation is 2. The number of fused-ring (bicyclic) bond motifs is 1. The minimum atomic E-state index is -0.205. The maximum atomic E-state index is 12.7. The van der Waals surface area contributed by atoms with Crippen LogP contribution in [-0.2, 0) is 17.9 Å². The summed E-state index contributed by atoms with van der Waals surface area (Å²) >= 11 is 0. The number of hydrazine groups is 2. The van der Waals surface area contributed by atoms with Gasteiger partial charge < -0.3 is 15.5 Å². The molecule has 3 heterocycles. The number of carbonyl (C=O) groups excluding carboxylic acids is 1. The zero-order valence-electron chi connectivity index (χ0n) is 18.8. The first-order valence-electron chi connectivity index (χ1n) is 11.1. The summed E-state index contributed by atoms with van der Waals surface area (Å²) in [4.78, 5) is 17.4. The summed E-state index contributed by atoms with van der Waals surface area (Å²) in [5.74, 6) is 0.536. The molecular formula is C24H28N8O. The molecule has 3 aromatic rings. The van der Waals surface area contributed by atoms with Gasteiger partial charge in [0.05, 0.1) is 12.2 Å². The highest BCUT2D eigenvalue weighted by atomic mass is 16.2. The van der Waals surface area contributed by atoms with Crippen molar-refractivity contribution in [1.29, 1.82) is 5.41 Å². The molecule has 9 nitrogen and oxygen atoms in total. The fourth-order valence-electron chi connectivity index (χ4n) is 4.22. The summed E-state index contributed by atoms with van der Waals surface area (Å²) in [6.07, 6.45) is 8.49. The lowest BCUT2D eigenvalue weighted by molar-refractivity contribution is -0.118. The van der Waals surface area contributed by atoms with Gasteiger partial charge >= 0.3 is 0 Å². The van der Waals surface area contributed by atoms with Gasteiger partial charge in [0.1, 0.15) is 17.2 Å². The second kappa shape index (κ2) is 8.25. The van der Waals surface area contributed by atoms with Crippen LogP contribution in [-0.4, -0.2) is 26.1 Å². The number of pyridine rings is 1. The van der Waals surface area contributed by atoms with E-state index in [9.17, 15) is 4.79 Å². The molecule has 5 rings (SSSR count). The summed E-state index contributed by atoms with van der Waals surface area (Å²) < 4.78 is 2.08. The number of amides is 1. The van der Waals surface area contributed by atoms with Crippen LogP contribution in [0, 0.1) is 19.3 Å². The largest absolute Gasteiger partial charge is 0.384 e. The first-order valence-corrected chi connectivity index (χ1v) is 11.1. The van der Waals surface area contributed by atoms with E-state index in [0.717, 1.165) is 28.0 Å². The van der Waals surface area contributed by atoms with Gasteiger partial charge in [0.15, 0.2) is 0 Å². The third kappa shape index (κ3) is 4.40. The highest BCUT2D eigenvalue weighted by molar-refractivity contribution is 5.95. The van der Waals surface area contributed by atoms with Crippen LogP contribution in [0.15, 0.2) is 48.6 Å². The van der Waals surface area contributed by atoms with Crippen LogP contribution in [0.3, 0.4) is 0 Å². The summed E-state index contributed by atoms with van der Waals surface area (Å²) in [5, 5.41) is 12.4. The Balaban J connectivity index is 1.21. The molecule has 170 valence electrons. The lowest BCUT2D eigenvalue weighted by Crippen LogP contribution is -2.38. The topological polar surface area (TPSA) is 124 Å². The van der Waals surface area contributed by atoms with Crippen molar-refractivity contribution in [2.75, 3.05) is 0 Å². The zero-order chi connectivity index (χ0) is 23.1. The van der Waals surface area contributed by atoms with Gasteiger partial charge in [-0.25, -0.2) is 4.98 Å². The van der Waals surface area contributed by atoms with E-state index in [1.165, 1.54) is 18.4 Å². The molecule has 33 heavy (non-hydrogen) atoms. The highest BCUT2D eigenvalue weighted by Crippen LogP contribution is 2.39. The van der Waals surface area contributed by atoms with E-state index in [4.69, 9.17) is 11.1 Å². The number of amidine groups is 1. The Morgan fingerprint density at radius 3 is 2.70 bits per heavy atom. The number of hydrogen-bond donors (Lipinski definition) is 5. The number of rotatable bonds is 7. The Morgan fingerprint density at radius 2 is 2.00 bits per heavy atom. The maximum Gasteiger partial charge on any atom is 0.270 e. The van der Waals surface area contributed by atoms with Gasteiger partial charge in [-0.05, 0) is 73.1 Å². The molecule has 6 N–H and O–H groups in total. The van der Waals surface area contributed by atoms with E-state index in [-0.39, 0.29) is 11.7 Å². The molecule has 9 heteroatoms. The van der Waals surface area contributed by atoms with Crippen molar-refractivity contribution < 1.29 is 4.79 Å². The second-order valence-corrected chi connectivity index (χ2v) is 8.83. The van der Waals surface area contributed by atoms with E-state index in [0.29, 0.717) is 30.3 Å². The Labute approximate surface area is 192 Å². The Kier molecular flexibility index (Phi) is 5.26. The van der Waals surface area contributed by atoms with Gasteiger partial charge in [0, 0.05) is 30.7 Å². The van der Waals surface area contributed by atoms with Crippen molar-refractivity contribution in [3.63, 3.8) is 0 Å². The van der Waals surface area contributed by atoms with Crippen LogP contribution >= 0.6 is 0 Å². The quantitative estimate of drug-likeness (QED) is 0.281. The number of imidazole rings is 1. The summed E-state index contributed by atoms with van der Waals surface area (Å²) in [7, 11) is 0. The number of nitrogens with one attached hydrogen (secondary N) is 4. The van der Waals surface area contributed by atoms with Crippen molar-refractivity contribution in [3.05, 3.63) is 82.1 Å². The number of benzene rings is 1. The molecule has 1 fully saturated rings. The van der Waals surface area contributed by atoms with Crippen molar-refractivity contribution >= 4 is 17.4 Å². The molecule has 1 aliphatic heterocycles. The predicted octanol–water partition coefficient (Wildman–Crippen LogP) is 2.10. The van der Waals surface area contributed by atoms with Gasteiger partial charge in [0.2, 0.25) is 0 Å². The van der Waals surface area contributed by atoms with Crippen LogP contribution in [0.25, 0.3) is 5.65 Å². The molecule has 0 unspecified atom stereocenters. The molecular weight excluding hydrogens is 416 g/mol. The molecule has 1 saturated carbocycles. The fourth-order valence-corrected chi connectivity index (χ4v) is 4.22. The van der Waals surface area contributed by atoms with Crippen molar-refractivity contribution in [2.45, 2.75) is 45.7 Å². The van der Waals surface area contributed by atoms with Crippen LogP contribution < -0.4 is 22.0 Å². The smallest absolute Gasteiger partial charge is 0.270 e. The fraction of sp³-hybridized carbons (Fsp3) is 0.292. The average Bonchev–Trinajstić information content (AvgIpc) is 3.39. The Bertz CT molecular complexity index is 1260. The third-order valence-corrected chi connectivity index (χ3v) is 6.20. The summed E-state index contributed by atoms with van der Waals surface area (Å²) in [6, 6.07) is 7.97. The van der Waals surface area contributed by atoms with Crippen molar-refractivity contribution in [3.8, 4) is 0 Å². The molecule has 1 aliphatic carbocycles.